The van der Waals surface area contributed by atoms with Crippen molar-refractivity contribution in [2.45, 2.75) is 56.7 Å². The molecule has 17 heavy (non-hydrogen) atoms. The highest BCUT2D eigenvalue weighted by Gasteiger charge is 2.28. The third kappa shape index (κ3) is 3.93. The molecule has 1 saturated heterocycles. The molecule has 0 aromatic heterocycles. The Bertz CT molecular complexity index is 342. The summed E-state index contributed by atoms with van der Waals surface area (Å²) in [4.78, 5) is 0. The van der Waals surface area contributed by atoms with E-state index in [-0.39, 0.29) is 6.04 Å². The van der Waals surface area contributed by atoms with Crippen LogP contribution in [-0.4, -0.2) is 45.2 Å². The van der Waals surface area contributed by atoms with E-state index < -0.39 is 9.84 Å². The van der Waals surface area contributed by atoms with Gasteiger partial charge in [-0.3, -0.25) is 0 Å². The van der Waals surface area contributed by atoms with Gasteiger partial charge in [0.15, 0.2) is 9.84 Å². The molecule has 4 nitrogen and oxygen atoms in total. The summed E-state index contributed by atoms with van der Waals surface area (Å²) in [5, 5.41) is 3.52. The van der Waals surface area contributed by atoms with Crippen LogP contribution >= 0.6 is 0 Å². The average molecular weight is 261 g/mol. The lowest BCUT2D eigenvalue weighted by molar-refractivity contribution is 0.0571. The average Bonchev–Trinajstić information content (AvgIpc) is 2.28. The van der Waals surface area contributed by atoms with Gasteiger partial charge in [-0.15, -0.1) is 0 Å². The fraction of sp³-hybridized carbons (Fsp3) is 1.00. The topological polar surface area (TPSA) is 55.4 Å². The van der Waals surface area contributed by atoms with E-state index in [0.29, 0.717) is 23.7 Å². The molecule has 0 bridgehead atoms. The van der Waals surface area contributed by atoms with Gasteiger partial charge in [0.05, 0.1) is 17.6 Å². The van der Waals surface area contributed by atoms with E-state index in [0.717, 1.165) is 32.1 Å². The van der Waals surface area contributed by atoms with Crippen LogP contribution in [0.3, 0.4) is 0 Å². The van der Waals surface area contributed by atoms with Crippen LogP contribution in [0.1, 0.15) is 38.5 Å². The van der Waals surface area contributed by atoms with E-state index in [4.69, 9.17) is 4.74 Å². The Morgan fingerprint density at radius 3 is 2.59 bits per heavy atom. The summed E-state index contributed by atoms with van der Waals surface area (Å²) in [5.74, 6) is 0.692. The van der Waals surface area contributed by atoms with Crippen LogP contribution in [0.15, 0.2) is 0 Å². The van der Waals surface area contributed by atoms with Crippen molar-refractivity contribution in [1.82, 2.24) is 5.32 Å². The van der Waals surface area contributed by atoms with Crippen molar-refractivity contribution in [3.05, 3.63) is 0 Å². The fourth-order valence-corrected chi connectivity index (χ4v) is 4.65. The molecule has 0 amide bonds. The molecule has 3 atom stereocenters. The van der Waals surface area contributed by atoms with Gasteiger partial charge in [-0.25, -0.2) is 8.42 Å². The highest BCUT2D eigenvalue weighted by Crippen LogP contribution is 2.22. The van der Waals surface area contributed by atoms with Crippen molar-refractivity contribution in [1.29, 1.82) is 0 Å². The van der Waals surface area contributed by atoms with Crippen molar-refractivity contribution in [3.8, 4) is 0 Å². The van der Waals surface area contributed by atoms with Crippen molar-refractivity contribution in [3.63, 3.8) is 0 Å². The molecule has 2 fully saturated rings. The van der Waals surface area contributed by atoms with Crippen LogP contribution in [0, 0.1) is 0 Å². The second-order valence-corrected chi connectivity index (χ2v) is 7.57. The van der Waals surface area contributed by atoms with Crippen LogP contribution in [0.5, 0.6) is 0 Å². The molecule has 1 aliphatic heterocycles. The van der Waals surface area contributed by atoms with Crippen LogP contribution in [-0.2, 0) is 14.6 Å². The number of hydrogen-bond acceptors (Lipinski definition) is 4. The molecule has 100 valence electrons. The molecular formula is C12H23NO3S. The third-order valence-corrected chi connectivity index (χ3v) is 5.71. The minimum absolute atomic E-state index is 0.161. The number of sulfone groups is 1. The lowest BCUT2D eigenvalue weighted by Gasteiger charge is -2.33. The highest BCUT2D eigenvalue weighted by atomic mass is 32.2. The first-order chi connectivity index (χ1) is 8.09. The largest absolute Gasteiger partial charge is 0.381 e. The molecule has 0 radical (unpaired) electrons. The summed E-state index contributed by atoms with van der Waals surface area (Å²) in [6.07, 6.45) is 6.63. The van der Waals surface area contributed by atoms with Gasteiger partial charge in [-0.1, -0.05) is 0 Å². The molecular weight excluding hydrogens is 238 g/mol. The Morgan fingerprint density at radius 2 is 1.88 bits per heavy atom. The molecule has 1 N–H and O–H groups in total. The van der Waals surface area contributed by atoms with E-state index in [1.54, 1.807) is 7.11 Å². The predicted molar refractivity (Wildman–Crippen MR) is 67.9 cm³/mol. The SMILES string of the molecule is COC1CCCC(NC2CCCS(=O)(=O)C2)C1. The van der Waals surface area contributed by atoms with Crippen LogP contribution in [0.4, 0.5) is 0 Å². The first-order valence-corrected chi connectivity index (χ1v) is 8.40. The first kappa shape index (κ1) is 13.3. The zero-order valence-corrected chi connectivity index (χ0v) is 11.3. The molecule has 3 unspecified atom stereocenters. The molecule has 0 aromatic carbocycles. The summed E-state index contributed by atoms with van der Waals surface area (Å²) in [5.41, 5.74) is 0. The van der Waals surface area contributed by atoms with Crippen LogP contribution < -0.4 is 5.32 Å². The van der Waals surface area contributed by atoms with E-state index in [2.05, 4.69) is 5.32 Å². The maximum absolute atomic E-state index is 11.6. The molecule has 2 rings (SSSR count). The maximum atomic E-state index is 11.6. The van der Waals surface area contributed by atoms with Gasteiger partial charge in [0.2, 0.25) is 0 Å². The van der Waals surface area contributed by atoms with E-state index >= 15 is 0 Å². The van der Waals surface area contributed by atoms with Gasteiger partial charge < -0.3 is 10.1 Å². The lowest BCUT2D eigenvalue weighted by atomic mass is 9.92. The van der Waals surface area contributed by atoms with Crippen molar-refractivity contribution in [2.75, 3.05) is 18.6 Å². The number of rotatable bonds is 3. The van der Waals surface area contributed by atoms with E-state index in [1.807, 2.05) is 0 Å². The maximum Gasteiger partial charge on any atom is 0.151 e. The fourth-order valence-electron chi connectivity index (χ4n) is 3.00. The smallest absolute Gasteiger partial charge is 0.151 e. The van der Waals surface area contributed by atoms with Crippen molar-refractivity contribution < 1.29 is 13.2 Å². The summed E-state index contributed by atoms with van der Waals surface area (Å²) >= 11 is 0. The number of ether oxygens (including phenoxy) is 1. The molecule has 0 spiro atoms. The summed E-state index contributed by atoms with van der Waals surface area (Å²) in [7, 11) is -1.03. The third-order valence-electron chi connectivity index (χ3n) is 3.89. The number of nitrogens with one attached hydrogen (secondary N) is 1. The van der Waals surface area contributed by atoms with Gasteiger partial charge in [-0.2, -0.15) is 0 Å². The van der Waals surface area contributed by atoms with Crippen molar-refractivity contribution >= 4 is 9.84 Å². The second-order valence-electron chi connectivity index (χ2n) is 5.34. The zero-order valence-electron chi connectivity index (χ0n) is 10.5. The minimum Gasteiger partial charge on any atom is -0.381 e. The lowest BCUT2D eigenvalue weighted by Crippen LogP contribution is -2.47. The van der Waals surface area contributed by atoms with Crippen molar-refractivity contribution in [2.24, 2.45) is 0 Å². The Morgan fingerprint density at radius 1 is 1.12 bits per heavy atom. The molecule has 0 aromatic rings. The van der Waals surface area contributed by atoms with Crippen LogP contribution in [0.2, 0.25) is 0 Å². The highest BCUT2D eigenvalue weighted by molar-refractivity contribution is 7.91. The Labute approximate surface area is 104 Å². The Balaban J connectivity index is 1.84. The zero-order chi connectivity index (χ0) is 12.3. The van der Waals surface area contributed by atoms with Gasteiger partial charge in [0, 0.05) is 19.2 Å². The monoisotopic (exact) mass is 261 g/mol. The summed E-state index contributed by atoms with van der Waals surface area (Å²) < 4.78 is 28.5. The summed E-state index contributed by atoms with van der Waals surface area (Å²) in [6.45, 7) is 0. The van der Waals surface area contributed by atoms with Crippen LogP contribution in [0.25, 0.3) is 0 Å². The second kappa shape index (κ2) is 5.67. The number of methoxy groups -OCH3 is 1. The molecule has 2 aliphatic rings. The van der Waals surface area contributed by atoms with E-state index in [1.165, 1.54) is 6.42 Å². The van der Waals surface area contributed by atoms with Gasteiger partial charge in [0.1, 0.15) is 0 Å². The van der Waals surface area contributed by atoms with Gasteiger partial charge in [0.25, 0.3) is 0 Å². The van der Waals surface area contributed by atoms with E-state index in [9.17, 15) is 8.42 Å². The predicted octanol–water partition coefficient (Wildman–Crippen LogP) is 1.11. The normalized spacial score (nSPS) is 37.8. The summed E-state index contributed by atoms with van der Waals surface area (Å²) in [6, 6.07) is 0.598. The molecule has 1 heterocycles. The molecule has 5 heteroatoms. The molecule has 1 aliphatic carbocycles. The quantitative estimate of drug-likeness (QED) is 0.827. The van der Waals surface area contributed by atoms with Gasteiger partial charge in [-0.05, 0) is 38.5 Å². The Hall–Kier alpha value is -0.130. The Kier molecular flexibility index (Phi) is 4.44. The molecule has 1 saturated carbocycles. The van der Waals surface area contributed by atoms with Gasteiger partial charge >= 0.3 is 0 Å². The number of hydrogen-bond donors (Lipinski definition) is 1. The first-order valence-electron chi connectivity index (χ1n) is 6.58. The minimum atomic E-state index is -2.80. The standard InChI is InChI=1S/C12H23NO3S/c1-16-12-6-2-4-10(8-12)13-11-5-3-7-17(14,15)9-11/h10-13H,2-9H2,1H3.